The molecule has 0 aromatic carbocycles. The molecule has 0 aliphatic carbocycles. The molecule has 0 fully saturated rings. The van der Waals surface area contributed by atoms with Crippen LogP contribution in [0.3, 0.4) is 0 Å². The summed E-state index contributed by atoms with van der Waals surface area (Å²) in [4.78, 5) is 4.01. The van der Waals surface area contributed by atoms with E-state index in [1.807, 2.05) is 6.07 Å². The fourth-order valence-electron chi connectivity index (χ4n) is 0.584. The average Bonchev–Trinajstić information content (AvgIpc) is 1.95. The molecule has 2 N–H and O–H groups in total. The number of nitrogens with two attached hydrogens (primary N) is 1. The molecule has 0 radical (unpaired) electrons. The minimum Gasteiger partial charge on any atom is -0.397 e. The predicted octanol–water partition coefficient (Wildman–Crippen LogP) is 2.32. The van der Waals surface area contributed by atoms with Crippen molar-refractivity contribution < 1.29 is 0 Å². The summed E-state index contributed by atoms with van der Waals surface area (Å²) >= 11 is 6.51. The highest BCUT2D eigenvalue weighted by Gasteiger charge is 1.96. The number of pyridine rings is 1. The minimum absolute atomic E-state index is 0.678. The van der Waals surface area contributed by atoms with Gasteiger partial charge in [0, 0.05) is 11.5 Å². The molecular weight excluding hydrogens is 260 g/mol. The Morgan fingerprint density at radius 2 is 2.30 bits per heavy atom. The number of aromatic nitrogens is 1. The summed E-state index contributed by atoms with van der Waals surface area (Å²) in [7, 11) is 0. The Labute approximate surface area is 76.1 Å². The maximum absolute atomic E-state index is 5.57. The Hall–Kier alpha value is -0.0900. The first kappa shape index (κ1) is 8.01. The van der Waals surface area contributed by atoms with Crippen LogP contribution in [0.25, 0.3) is 0 Å². The number of halogens is 2. The number of nitrogen functional groups attached to an aromatic ring is 1. The molecule has 0 amide bonds. The van der Waals surface area contributed by atoms with Gasteiger partial charge in [0.2, 0.25) is 0 Å². The zero-order valence-corrected chi connectivity index (χ0v) is 8.31. The Morgan fingerprint density at radius 1 is 1.60 bits per heavy atom. The van der Waals surface area contributed by atoms with Gasteiger partial charge in [-0.15, -0.1) is 0 Å². The van der Waals surface area contributed by atoms with Crippen LogP contribution >= 0.6 is 31.9 Å². The van der Waals surface area contributed by atoms with Gasteiger partial charge in [0.1, 0.15) is 4.60 Å². The number of hydrogen-bond acceptors (Lipinski definition) is 2. The van der Waals surface area contributed by atoms with Crippen molar-refractivity contribution in [2.24, 2.45) is 0 Å². The Bertz CT molecular complexity index is 237. The minimum atomic E-state index is 0.678. The molecule has 1 aromatic heterocycles. The Morgan fingerprint density at radius 3 is 2.80 bits per heavy atom. The second-order valence-corrected chi connectivity index (χ2v) is 3.17. The summed E-state index contributed by atoms with van der Waals surface area (Å²) in [6, 6.07) is 1.88. The SMILES string of the molecule is Nc1cc(CBr)cnc1Br. The molecule has 2 nitrogen and oxygen atoms in total. The van der Waals surface area contributed by atoms with Gasteiger partial charge < -0.3 is 5.73 Å². The van der Waals surface area contributed by atoms with Gasteiger partial charge in [-0.3, -0.25) is 0 Å². The van der Waals surface area contributed by atoms with Crippen molar-refractivity contribution >= 4 is 37.5 Å². The standard InChI is InChI=1S/C6H6Br2N2/c7-2-4-1-5(9)6(8)10-3-4/h1,3H,2,9H2. The Balaban J connectivity index is 3.04. The first-order valence-corrected chi connectivity index (χ1v) is 4.61. The molecule has 10 heavy (non-hydrogen) atoms. The van der Waals surface area contributed by atoms with E-state index >= 15 is 0 Å². The summed E-state index contributed by atoms with van der Waals surface area (Å²) in [5, 5.41) is 0.789. The molecule has 0 spiro atoms. The van der Waals surface area contributed by atoms with E-state index in [-0.39, 0.29) is 0 Å². The lowest BCUT2D eigenvalue weighted by molar-refractivity contribution is 1.23. The maximum atomic E-state index is 5.57. The van der Waals surface area contributed by atoms with Crippen molar-refractivity contribution in [2.45, 2.75) is 5.33 Å². The Kier molecular flexibility index (Phi) is 2.68. The molecule has 4 heteroatoms. The first-order valence-electron chi connectivity index (χ1n) is 2.70. The van der Waals surface area contributed by atoms with E-state index in [1.165, 1.54) is 0 Å². The van der Waals surface area contributed by atoms with Gasteiger partial charge in [-0.2, -0.15) is 0 Å². The van der Waals surface area contributed by atoms with E-state index in [0.29, 0.717) is 10.3 Å². The van der Waals surface area contributed by atoms with Crippen molar-refractivity contribution in [1.29, 1.82) is 0 Å². The number of nitrogens with zero attached hydrogens (tertiary/aromatic N) is 1. The fraction of sp³-hybridized carbons (Fsp3) is 0.167. The quantitative estimate of drug-likeness (QED) is 0.625. The molecule has 0 saturated carbocycles. The topological polar surface area (TPSA) is 38.9 Å². The molecule has 54 valence electrons. The third kappa shape index (κ3) is 1.70. The van der Waals surface area contributed by atoms with E-state index in [2.05, 4.69) is 36.8 Å². The molecule has 0 aliphatic rings. The molecule has 1 aromatic rings. The van der Waals surface area contributed by atoms with Crippen molar-refractivity contribution in [3.63, 3.8) is 0 Å². The van der Waals surface area contributed by atoms with Crippen LogP contribution in [0.4, 0.5) is 5.69 Å². The second kappa shape index (κ2) is 3.34. The first-order chi connectivity index (χ1) is 4.74. The van der Waals surface area contributed by atoms with E-state index in [9.17, 15) is 0 Å². The highest BCUT2D eigenvalue weighted by Crippen LogP contribution is 2.17. The third-order valence-electron chi connectivity index (χ3n) is 1.08. The normalized spacial score (nSPS) is 9.80. The van der Waals surface area contributed by atoms with Crippen molar-refractivity contribution in [3.05, 3.63) is 22.4 Å². The highest BCUT2D eigenvalue weighted by atomic mass is 79.9. The van der Waals surface area contributed by atoms with Crippen molar-refractivity contribution in [1.82, 2.24) is 4.98 Å². The zero-order chi connectivity index (χ0) is 7.56. The molecule has 0 bridgehead atoms. The molecule has 1 heterocycles. The second-order valence-electron chi connectivity index (χ2n) is 1.86. The molecule has 0 atom stereocenters. The number of anilines is 1. The molecule has 0 unspecified atom stereocenters. The lowest BCUT2D eigenvalue weighted by atomic mass is 10.3. The summed E-state index contributed by atoms with van der Waals surface area (Å²) in [6.07, 6.45) is 1.77. The lowest BCUT2D eigenvalue weighted by Crippen LogP contribution is -1.90. The van der Waals surface area contributed by atoms with E-state index < -0.39 is 0 Å². The summed E-state index contributed by atoms with van der Waals surface area (Å²) in [6.45, 7) is 0. The molecule has 0 aliphatic heterocycles. The van der Waals surface area contributed by atoms with Crippen LogP contribution in [0.15, 0.2) is 16.9 Å². The van der Waals surface area contributed by atoms with Crippen LogP contribution in [0.5, 0.6) is 0 Å². The third-order valence-corrected chi connectivity index (χ3v) is 2.39. The van der Waals surface area contributed by atoms with Gasteiger partial charge in [0.15, 0.2) is 0 Å². The van der Waals surface area contributed by atoms with Crippen LogP contribution < -0.4 is 5.73 Å². The van der Waals surface area contributed by atoms with Crippen LogP contribution in [0, 0.1) is 0 Å². The maximum Gasteiger partial charge on any atom is 0.128 e. The van der Waals surface area contributed by atoms with Crippen LogP contribution in [-0.2, 0) is 5.33 Å². The molecule has 1 rings (SSSR count). The molecular formula is C6H6Br2N2. The highest BCUT2D eigenvalue weighted by molar-refractivity contribution is 9.10. The van der Waals surface area contributed by atoms with Crippen molar-refractivity contribution in [3.8, 4) is 0 Å². The zero-order valence-electron chi connectivity index (χ0n) is 5.14. The summed E-state index contributed by atoms with van der Waals surface area (Å²) < 4.78 is 0.706. The lowest BCUT2D eigenvalue weighted by Gasteiger charge is -1.98. The van der Waals surface area contributed by atoms with Crippen LogP contribution in [0.1, 0.15) is 5.56 Å². The number of alkyl halides is 1. The van der Waals surface area contributed by atoms with E-state index in [0.717, 1.165) is 10.9 Å². The van der Waals surface area contributed by atoms with Crippen LogP contribution in [-0.4, -0.2) is 4.98 Å². The monoisotopic (exact) mass is 264 g/mol. The summed E-state index contributed by atoms with van der Waals surface area (Å²) in [5.41, 5.74) is 7.33. The largest absolute Gasteiger partial charge is 0.397 e. The van der Waals surface area contributed by atoms with Gasteiger partial charge in [-0.25, -0.2) is 4.98 Å². The average molecular weight is 266 g/mol. The smallest absolute Gasteiger partial charge is 0.128 e. The number of rotatable bonds is 1. The van der Waals surface area contributed by atoms with Gasteiger partial charge >= 0.3 is 0 Å². The van der Waals surface area contributed by atoms with Gasteiger partial charge in [0.05, 0.1) is 5.69 Å². The molecule has 0 saturated heterocycles. The summed E-state index contributed by atoms with van der Waals surface area (Å²) in [5.74, 6) is 0. The van der Waals surface area contributed by atoms with Crippen LogP contribution in [0.2, 0.25) is 0 Å². The predicted molar refractivity (Wildman–Crippen MR) is 49.0 cm³/mol. The number of hydrogen-bond donors (Lipinski definition) is 1. The van der Waals surface area contributed by atoms with Gasteiger partial charge in [-0.05, 0) is 27.6 Å². The van der Waals surface area contributed by atoms with E-state index in [1.54, 1.807) is 6.20 Å². The van der Waals surface area contributed by atoms with E-state index in [4.69, 9.17) is 5.73 Å². The van der Waals surface area contributed by atoms with Crippen molar-refractivity contribution in [2.75, 3.05) is 5.73 Å². The fourth-order valence-corrected chi connectivity index (χ4v) is 1.11. The van der Waals surface area contributed by atoms with Gasteiger partial charge in [-0.1, -0.05) is 15.9 Å². The van der Waals surface area contributed by atoms with Gasteiger partial charge in [0.25, 0.3) is 0 Å².